The third kappa shape index (κ3) is 2.90. The first-order chi connectivity index (χ1) is 10.1. The summed E-state index contributed by atoms with van der Waals surface area (Å²) < 4.78 is 29.4. The van der Waals surface area contributed by atoms with Crippen molar-refractivity contribution in [2.75, 3.05) is 21.3 Å². The number of rotatable bonds is 5. The molecule has 6 heteroatoms. The lowest BCUT2D eigenvalue weighted by molar-refractivity contribution is 0.208. The Morgan fingerprint density at radius 1 is 1.00 bits per heavy atom. The summed E-state index contributed by atoms with van der Waals surface area (Å²) in [6, 6.07) is 4.55. The average Bonchev–Trinajstić information content (AvgIpc) is 2.53. The molecule has 2 aromatic rings. The standard InChI is InChI=1S/C15H16FNO4/c1-19-12-7-14(21-3)13(20-2)6-10(12)15(18)9-4-5-17-8-11(9)16/h4-8,15,18H,1-3H3. The molecule has 0 spiro atoms. The van der Waals surface area contributed by atoms with E-state index >= 15 is 0 Å². The Kier molecular flexibility index (Phi) is 4.59. The van der Waals surface area contributed by atoms with Crippen molar-refractivity contribution in [3.8, 4) is 17.2 Å². The Labute approximate surface area is 121 Å². The number of aromatic nitrogens is 1. The number of benzene rings is 1. The largest absolute Gasteiger partial charge is 0.496 e. The van der Waals surface area contributed by atoms with E-state index in [1.165, 1.54) is 33.6 Å². The molecule has 1 aromatic carbocycles. The van der Waals surface area contributed by atoms with Crippen molar-refractivity contribution >= 4 is 0 Å². The van der Waals surface area contributed by atoms with Crippen LogP contribution in [0.1, 0.15) is 17.2 Å². The predicted octanol–water partition coefficient (Wildman–Crippen LogP) is 2.33. The summed E-state index contributed by atoms with van der Waals surface area (Å²) in [6.07, 6.45) is 1.25. The molecule has 0 radical (unpaired) electrons. The highest BCUT2D eigenvalue weighted by Gasteiger charge is 2.21. The molecule has 0 saturated heterocycles. The normalized spacial score (nSPS) is 11.9. The molecule has 2 rings (SSSR count). The number of hydrogen-bond donors (Lipinski definition) is 1. The Balaban J connectivity index is 2.54. The van der Waals surface area contributed by atoms with Crippen molar-refractivity contribution in [3.05, 3.63) is 47.5 Å². The van der Waals surface area contributed by atoms with E-state index in [0.717, 1.165) is 6.20 Å². The number of pyridine rings is 1. The van der Waals surface area contributed by atoms with E-state index in [1.807, 2.05) is 0 Å². The molecule has 5 nitrogen and oxygen atoms in total. The average molecular weight is 293 g/mol. The number of methoxy groups -OCH3 is 3. The van der Waals surface area contributed by atoms with Crippen LogP contribution < -0.4 is 14.2 Å². The van der Waals surface area contributed by atoms with E-state index in [2.05, 4.69) is 4.98 Å². The number of aliphatic hydroxyl groups is 1. The molecule has 1 unspecified atom stereocenters. The quantitative estimate of drug-likeness (QED) is 0.916. The van der Waals surface area contributed by atoms with E-state index in [-0.39, 0.29) is 5.56 Å². The van der Waals surface area contributed by atoms with Crippen LogP contribution in [0.3, 0.4) is 0 Å². The van der Waals surface area contributed by atoms with Gasteiger partial charge in [0.05, 0.1) is 27.5 Å². The van der Waals surface area contributed by atoms with Crippen LogP contribution in [0.4, 0.5) is 4.39 Å². The number of halogens is 1. The van der Waals surface area contributed by atoms with Gasteiger partial charge in [-0.1, -0.05) is 0 Å². The van der Waals surface area contributed by atoms with E-state index in [9.17, 15) is 9.50 Å². The van der Waals surface area contributed by atoms with Gasteiger partial charge in [0.2, 0.25) is 0 Å². The summed E-state index contributed by atoms with van der Waals surface area (Å²) in [7, 11) is 4.43. The molecule has 0 aliphatic carbocycles. The van der Waals surface area contributed by atoms with Gasteiger partial charge in [-0.3, -0.25) is 4.98 Å². The fourth-order valence-corrected chi connectivity index (χ4v) is 2.04. The maximum Gasteiger partial charge on any atom is 0.164 e. The highest BCUT2D eigenvalue weighted by molar-refractivity contribution is 5.53. The third-order valence-electron chi connectivity index (χ3n) is 3.13. The van der Waals surface area contributed by atoms with Crippen LogP contribution in [0.25, 0.3) is 0 Å². The lowest BCUT2D eigenvalue weighted by Crippen LogP contribution is -2.06. The van der Waals surface area contributed by atoms with Crippen molar-refractivity contribution in [2.45, 2.75) is 6.10 Å². The SMILES string of the molecule is COc1cc(OC)c(C(O)c2ccncc2F)cc1OC. The first kappa shape index (κ1) is 15.1. The Morgan fingerprint density at radius 3 is 2.19 bits per heavy atom. The minimum atomic E-state index is -1.21. The second kappa shape index (κ2) is 6.41. The van der Waals surface area contributed by atoms with Crippen molar-refractivity contribution in [1.82, 2.24) is 4.98 Å². The van der Waals surface area contributed by atoms with Gasteiger partial charge in [-0.25, -0.2) is 4.39 Å². The molecule has 0 fully saturated rings. The van der Waals surface area contributed by atoms with Crippen LogP contribution in [-0.4, -0.2) is 31.4 Å². The van der Waals surface area contributed by atoms with Gasteiger partial charge >= 0.3 is 0 Å². The maximum atomic E-state index is 13.8. The molecule has 1 aromatic heterocycles. The van der Waals surface area contributed by atoms with Gasteiger partial charge in [-0.15, -0.1) is 0 Å². The molecule has 0 aliphatic rings. The number of aliphatic hydroxyl groups excluding tert-OH is 1. The van der Waals surface area contributed by atoms with Crippen molar-refractivity contribution in [3.63, 3.8) is 0 Å². The monoisotopic (exact) mass is 293 g/mol. The highest BCUT2D eigenvalue weighted by Crippen LogP contribution is 2.39. The van der Waals surface area contributed by atoms with Gasteiger partial charge in [0, 0.05) is 23.4 Å². The summed E-state index contributed by atoms with van der Waals surface area (Å²) in [4.78, 5) is 3.66. The molecule has 112 valence electrons. The number of ether oxygens (including phenoxy) is 3. The van der Waals surface area contributed by atoms with Gasteiger partial charge in [0.1, 0.15) is 17.7 Å². The Hall–Kier alpha value is -2.34. The van der Waals surface area contributed by atoms with Crippen LogP contribution in [0, 0.1) is 5.82 Å². The summed E-state index contributed by atoms with van der Waals surface area (Å²) in [5, 5.41) is 10.4. The third-order valence-corrected chi connectivity index (χ3v) is 3.13. The summed E-state index contributed by atoms with van der Waals surface area (Å²) in [5.41, 5.74) is 0.482. The summed E-state index contributed by atoms with van der Waals surface area (Å²) in [6.45, 7) is 0. The van der Waals surface area contributed by atoms with E-state index < -0.39 is 11.9 Å². The maximum absolute atomic E-state index is 13.8. The molecule has 1 atom stereocenters. The molecule has 0 amide bonds. The molecule has 1 heterocycles. The van der Waals surface area contributed by atoms with Crippen LogP contribution in [0.15, 0.2) is 30.6 Å². The first-order valence-electron chi connectivity index (χ1n) is 6.19. The number of hydrogen-bond acceptors (Lipinski definition) is 5. The molecule has 0 aliphatic heterocycles. The minimum absolute atomic E-state index is 0.107. The van der Waals surface area contributed by atoms with Crippen LogP contribution in [0.5, 0.6) is 17.2 Å². The second-order valence-electron chi connectivity index (χ2n) is 4.25. The van der Waals surface area contributed by atoms with Crippen LogP contribution in [0.2, 0.25) is 0 Å². The zero-order valence-electron chi connectivity index (χ0n) is 12.0. The molecular weight excluding hydrogens is 277 g/mol. The fraction of sp³-hybridized carbons (Fsp3) is 0.267. The lowest BCUT2D eigenvalue weighted by Gasteiger charge is -2.18. The zero-order valence-corrected chi connectivity index (χ0v) is 12.0. The molecule has 0 saturated carbocycles. The lowest BCUT2D eigenvalue weighted by atomic mass is 10.0. The highest BCUT2D eigenvalue weighted by atomic mass is 19.1. The Morgan fingerprint density at radius 2 is 1.62 bits per heavy atom. The van der Waals surface area contributed by atoms with E-state index in [0.29, 0.717) is 22.8 Å². The van der Waals surface area contributed by atoms with Gasteiger partial charge in [-0.05, 0) is 12.1 Å². The van der Waals surface area contributed by atoms with Gasteiger partial charge in [0.25, 0.3) is 0 Å². The van der Waals surface area contributed by atoms with Crippen molar-refractivity contribution in [2.24, 2.45) is 0 Å². The molecule has 21 heavy (non-hydrogen) atoms. The zero-order chi connectivity index (χ0) is 15.4. The Bertz CT molecular complexity index is 633. The van der Waals surface area contributed by atoms with Gasteiger partial charge in [-0.2, -0.15) is 0 Å². The topological polar surface area (TPSA) is 60.8 Å². The molecule has 0 bridgehead atoms. The smallest absolute Gasteiger partial charge is 0.164 e. The van der Waals surface area contributed by atoms with E-state index in [4.69, 9.17) is 14.2 Å². The van der Waals surface area contributed by atoms with Crippen LogP contribution in [-0.2, 0) is 0 Å². The molecular formula is C15H16FNO4. The predicted molar refractivity (Wildman–Crippen MR) is 74.4 cm³/mol. The molecule has 1 N–H and O–H groups in total. The summed E-state index contributed by atoms with van der Waals surface area (Å²) >= 11 is 0. The van der Waals surface area contributed by atoms with E-state index in [1.54, 1.807) is 12.1 Å². The van der Waals surface area contributed by atoms with Crippen molar-refractivity contribution in [1.29, 1.82) is 0 Å². The minimum Gasteiger partial charge on any atom is -0.496 e. The van der Waals surface area contributed by atoms with Gasteiger partial charge < -0.3 is 19.3 Å². The summed E-state index contributed by atoms with van der Waals surface area (Å²) in [5.74, 6) is 0.653. The fourth-order valence-electron chi connectivity index (χ4n) is 2.04. The second-order valence-corrected chi connectivity index (χ2v) is 4.25. The number of nitrogens with zero attached hydrogens (tertiary/aromatic N) is 1. The first-order valence-corrected chi connectivity index (χ1v) is 6.19. The van der Waals surface area contributed by atoms with Crippen molar-refractivity contribution < 1.29 is 23.7 Å². The van der Waals surface area contributed by atoms with Crippen LogP contribution >= 0.6 is 0 Å². The van der Waals surface area contributed by atoms with Gasteiger partial charge in [0.15, 0.2) is 11.5 Å².